The second-order valence-corrected chi connectivity index (χ2v) is 7.46. The van der Waals surface area contributed by atoms with E-state index in [4.69, 9.17) is 14.2 Å². The summed E-state index contributed by atoms with van der Waals surface area (Å²) in [5, 5.41) is 0. The molecule has 5 nitrogen and oxygen atoms in total. The fraction of sp³-hybridized carbons (Fsp3) is 0.391. The lowest BCUT2D eigenvalue weighted by molar-refractivity contribution is -0.168. The molecule has 1 atom stereocenters. The topological polar surface area (TPSA) is 61.8 Å². The highest BCUT2D eigenvalue weighted by Gasteiger charge is 2.32. The maximum Gasteiger partial charge on any atom is 0.321 e. The number of carbonyl (C=O) groups is 2. The Hall–Kier alpha value is -2.82. The number of benzene rings is 2. The average Bonchev–Trinajstić information content (AvgIpc) is 2.65. The molecular weight excluding hydrogens is 356 g/mol. The molecule has 0 aliphatic heterocycles. The molecule has 0 bridgehead atoms. The van der Waals surface area contributed by atoms with Gasteiger partial charge < -0.3 is 14.2 Å². The Morgan fingerprint density at radius 2 is 1.54 bits per heavy atom. The van der Waals surface area contributed by atoms with Gasteiger partial charge in [0.15, 0.2) is 5.92 Å². The molecule has 2 aromatic rings. The van der Waals surface area contributed by atoms with E-state index in [1.54, 1.807) is 27.7 Å². The number of ether oxygens (including phenoxy) is 3. The second-order valence-electron chi connectivity index (χ2n) is 7.46. The van der Waals surface area contributed by atoms with Crippen LogP contribution < -0.4 is 4.74 Å². The summed E-state index contributed by atoms with van der Waals surface area (Å²) in [6.07, 6.45) is 0.215. The van der Waals surface area contributed by atoms with Crippen molar-refractivity contribution in [3.63, 3.8) is 0 Å². The molecular formula is C23H28O5. The molecule has 2 rings (SSSR count). The highest BCUT2D eigenvalue weighted by atomic mass is 16.6. The van der Waals surface area contributed by atoms with Crippen LogP contribution in [0.5, 0.6) is 5.75 Å². The number of rotatable bonds is 8. The largest absolute Gasteiger partial charge is 0.489 e. The zero-order chi connectivity index (χ0) is 20.6. The molecule has 0 heterocycles. The van der Waals surface area contributed by atoms with E-state index in [1.165, 1.54) is 0 Å². The summed E-state index contributed by atoms with van der Waals surface area (Å²) in [4.78, 5) is 24.7. The molecule has 0 aliphatic carbocycles. The molecule has 0 radical (unpaired) electrons. The van der Waals surface area contributed by atoms with Gasteiger partial charge in [-0.1, -0.05) is 42.5 Å². The SMILES string of the molecule is CCOC(=O)C(Cc1ccc(OCc2ccccc2)cc1)C(=O)OC(C)(C)C. The third-order valence-corrected chi connectivity index (χ3v) is 3.87. The van der Waals surface area contributed by atoms with Crippen LogP contribution in [-0.2, 0) is 32.1 Å². The molecule has 0 saturated heterocycles. The molecule has 0 amide bonds. The Bertz CT molecular complexity index is 760. The summed E-state index contributed by atoms with van der Waals surface area (Å²) in [7, 11) is 0. The van der Waals surface area contributed by atoms with E-state index in [-0.39, 0.29) is 13.0 Å². The predicted molar refractivity (Wildman–Crippen MR) is 107 cm³/mol. The lowest BCUT2D eigenvalue weighted by Gasteiger charge is -2.23. The first-order valence-corrected chi connectivity index (χ1v) is 9.43. The van der Waals surface area contributed by atoms with Crippen LogP contribution in [0.4, 0.5) is 0 Å². The number of hydrogen-bond acceptors (Lipinski definition) is 5. The van der Waals surface area contributed by atoms with Crippen molar-refractivity contribution >= 4 is 11.9 Å². The quantitative estimate of drug-likeness (QED) is 0.501. The molecule has 0 N–H and O–H groups in total. The first kappa shape index (κ1) is 21.5. The van der Waals surface area contributed by atoms with Crippen LogP contribution in [0.2, 0.25) is 0 Å². The van der Waals surface area contributed by atoms with Crippen molar-refractivity contribution in [3.8, 4) is 5.75 Å². The van der Waals surface area contributed by atoms with Crippen LogP contribution in [-0.4, -0.2) is 24.1 Å². The number of hydrogen-bond donors (Lipinski definition) is 0. The van der Waals surface area contributed by atoms with E-state index in [1.807, 2.05) is 54.6 Å². The standard InChI is InChI=1S/C23H28O5/c1-5-26-21(24)20(22(25)28-23(2,3)4)15-17-11-13-19(14-12-17)27-16-18-9-7-6-8-10-18/h6-14,20H,5,15-16H2,1-4H3. The van der Waals surface area contributed by atoms with Gasteiger partial charge in [0.1, 0.15) is 18.0 Å². The van der Waals surface area contributed by atoms with Gasteiger partial charge in [-0.3, -0.25) is 9.59 Å². The number of esters is 2. The highest BCUT2D eigenvalue weighted by molar-refractivity contribution is 5.95. The summed E-state index contributed by atoms with van der Waals surface area (Å²) in [6, 6.07) is 17.2. The highest BCUT2D eigenvalue weighted by Crippen LogP contribution is 2.20. The van der Waals surface area contributed by atoms with E-state index in [9.17, 15) is 9.59 Å². The molecule has 150 valence electrons. The van der Waals surface area contributed by atoms with Gasteiger partial charge in [0.05, 0.1) is 6.61 Å². The molecule has 0 aliphatic rings. The van der Waals surface area contributed by atoms with Gasteiger partial charge in [-0.15, -0.1) is 0 Å². The van der Waals surface area contributed by atoms with Crippen LogP contribution in [0.15, 0.2) is 54.6 Å². The Balaban J connectivity index is 2.02. The van der Waals surface area contributed by atoms with Crippen molar-refractivity contribution < 1.29 is 23.8 Å². The predicted octanol–water partition coefficient (Wildman–Crippen LogP) is 4.33. The fourth-order valence-corrected chi connectivity index (χ4v) is 2.58. The zero-order valence-corrected chi connectivity index (χ0v) is 16.9. The van der Waals surface area contributed by atoms with E-state index in [2.05, 4.69) is 0 Å². The minimum Gasteiger partial charge on any atom is -0.489 e. The second kappa shape index (κ2) is 9.93. The van der Waals surface area contributed by atoms with Crippen LogP contribution in [0.25, 0.3) is 0 Å². The molecule has 0 fully saturated rings. The van der Waals surface area contributed by atoms with Crippen molar-refractivity contribution in [1.29, 1.82) is 0 Å². The van der Waals surface area contributed by atoms with Crippen molar-refractivity contribution in [3.05, 3.63) is 65.7 Å². The summed E-state index contributed by atoms with van der Waals surface area (Å²) in [6.45, 7) is 7.71. The Kier molecular flexibility index (Phi) is 7.61. The van der Waals surface area contributed by atoms with Crippen LogP contribution in [0.1, 0.15) is 38.8 Å². The van der Waals surface area contributed by atoms with Gasteiger partial charge in [-0.05, 0) is 57.4 Å². The smallest absolute Gasteiger partial charge is 0.321 e. The van der Waals surface area contributed by atoms with Crippen molar-refractivity contribution in [2.24, 2.45) is 5.92 Å². The normalized spacial score (nSPS) is 12.1. The monoisotopic (exact) mass is 384 g/mol. The van der Waals surface area contributed by atoms with Crippen molar-refractivity contribution in [2.75, 3.05) is 6.61 Å². The molecule has 1 unspecified atom stereocenters. The summed E-state index contributed by atoms with van der Waals surface area (Å²) in [5.41, 5.74) is 1.24. The van der Waals surface area contributed by atoms with E-state index >= 15 is 0 Å². The van der Waals surface area contributed by atoms with E-state index in [0.29, 0.717) is 6.61 Å². The minimum atomic E-state index is -0.990. The van der Waals surface area contributed by atoms with Gasteiger partial charge in [-0.2, -0.15) is 0 Å². The fourth-order valence-electron chi connectivity index (χ4n) is 2.58. The van der Waals surface area contributed by atoms with Gasteiger partial charge >= 0.3 is 11.9 Å². The van der Waals surface area contributed by atoms with Gasteiger partial charge in [0, 0.05) is 0 Å². The molecule has 28 heavy (non-hydrogen) atoms. The minimum absolute atomic E-state index is 0.213. The van der Waals surface area contributed by atoms with Gasteiger partial charge in [-0.25, -0.2) is 0 Å². The van der Waals surface area contributed by atoms with Crippen LogP contribution in [0.3, 0.4) is 0 Å². The lowest BCUT2D eigenvalue weighted by Crippen LogP contribution is -2.35. The van der Waals surface area contributed by atoms with Crippen molar-refractivity contribution in [2.45, 2.75) is 46.3 Å². The molecule has 0 saturated carbocycles. The average molecular weight is 384 g/mol. The van der Waals surface area contributed by atoms with Gasteiger partial charge in [0.2, 0.25) is 0 Å². The summed E-state index contributed by atoms with van der Waals surface area (Å²) < 4.78 is 16.2. The Morgan fingerprint density at radius 1 is 0.893 bits per heavy atom. The Labute approximate surface area is 166 Å². The summed E-state index contributed by atoms with van der Waals surface area (Å²) >= 11 is 0. The maximum atomic E-state index is 12.5. The van der Waals surface area contributed by atoms with Gasteiger partial charge in [0.25, 0.3) is 0 Å². The third kappa shape index (κ3) is 7.06. The van der Waals surface area contributed by atoms with E-state index < -0.39 is 23.5 Å². The lowest BCUT2D eigenvalue weighted by atomic mass is 9.99. The zero-order valence-electron chi connectivity index (χ0n) is 16.9. The molecule has 5 heteroatoms. The maximum absolute atomic E-state index is 12.5. The molecule has 2 aromatic carbocycles. The van der Waals surface area contributed by atoms with Crippen LogP contribution in [0, 0.1) is 5.92 Å². The molecule has 0 aromatic heterocycles. The van der Waals surface area contributed by atoms with Crippen molar-refractivity contribution in [1.82, 2.24) is 0 Å². The van der Waals surface area contributed by atoms with E-state index in [0.717, 1.165) is 16.9 Å². The van der Waals surface area contributed by atoms with Crippen LogP contribution >= 0.6 is 0 Å². The first-order chi connectivity index (χ1) is 13.3. The molecule has 0 spiro atoms. The summed E-state index contributed by atoms with van der Waals surface area (Å²) in [5.74, 6) is -1.41. The number of carbonyl (C=O) groups excluding carboxylic acids is 2. The third-order valence-electron chi connectivity index (χ3n) is 3.87. The Morgan fingerprint density at radius 3 is 2.11 bits per heavy atom. The first-order valence-electron chi connectivity index (χ1n) is 9.43.